The van der Waals surface area contributed by atoms with Crippen LogP contribution in [0.3, 0.4) is 0 Å². The van der Waals surface area contributed by atoms with Crippen molar-refractivity contribution in [1.29, 1.82) is 0 Å². The molecule has 54 valence electrons. The Morgan fingerprint density at radius 1 is 1.30 bits per heavy atom. The molecule has 0 unspecified atom stereocenters. The van der Waals surface area contributed by atoms with Crippen molar-refractivity contribution in [2.24, 2.45) is 0 Å². The van der Waals surface area contributed by atoms with Gasteiger partial charge < -0.3 is 4.74 Å². The number of hydrogen-bond acceptors (Lipinski definition) is 1. The predicted octanol–water partition coefficient (Wildman–Crippen LogP) is 2.60. The highest BCUT2D eigenvalue weighted by Gasteiger charge is 1.90. The third-order valence-electron chi connectivity index (χ3n) is 1.03. The minimum absolute atomic E-state index is 0.572. The average Bonchev–Trinajstić information content (AvgIpc) is 1.95. The molecule has 1 aromatic rings. The maximum atomic E-state index is 11.6. The van der Waals surface area contributed by atoms with Gasteiger partial charge in [-0.15, -0.1) is 0 Å². The van der Waals surface area contributed by atoms with Gasteiger partial charge >= 0.3 is 0 Å². The standard InChI is InChI=1S/C7H6FIO/c8-5-10-7-3-1-6(9)2-4-7/h1-4H,5H2. The molecule has 0 saturated heterocycles. The third kappa shape index (κ3) is 2.13. The number of rotatable bonds is 2. The summed E-state index contributed by atoms with van der Waals surface area (Å²) in [6.45, 7) is -0.763. The van der Waals surface area contributed by atoms with Crippen LogP contribution in [0.4, 0.5) is 4.39 Å². The zero-order valence-electron chi connectivity index (χ0n) is 5.18. The summed E-state index contributed by atoms with van der Waals surface area (Å²) in [6, 6.07) is 7.21. The Morgan fingerprint density at radius 2 is 1.90 bits per heavy atom. The van der Waals surface area contributed by atoms with Crippen LogP contribution in [-0.4, -0.2) is 6.86 Å². The summed E-state index contributed by atoms with van der Waals surface area (Å²) < 4.78 is 17.3. The van der Waals surface area contributed by atoms with Crippen LogP contribution in [0.1, 0.15) is 0 Å². The van der Waals surface area contributed by atoms with Crippen LogP contribution in [0.25, 0.3) is 0 Å². The second-order valence-electron chi connectivity index (χ2n) is 1.71. The Bertz CT molecular complexity index is 197. The van der Waals surface area contributed by atoms with E-state index < -0.39 is 6.86 Å². The Balaban J connectivity index is 2.69. The van der Waals surface area contributed by atoms with Gasteiger partial charge in [0.15, 0.2) is 0 Å². The zero-order valence-corrected chi connectivity index (χ0v) is 7.34. The number of hydrogen-bond donors (Lipinski definition) is 0. The molecule has 0 aromatic heterocycles. The van der Waals surface area contributed by atoms with Crippen LogP contribution >= 0.6 is 22.6 Å². The van der Waals surface area contributed by atoms with Crippen molar-refractivity contribution in [2.75, 3.05) is 6.86 Å². The lowest BCUT2D eigenvalue weighted by molar-refractivity contribution is 0.192. The molecule has 10 heavy (non-hydrogen) atoms. The minimum atomic E-state index is -0.763. The molecular formula is C7H6FIO. The van der Waals surface area contributed by atoms with Crippen LogP contribution in [0, 0.1) is 3.57 Å². The van der Waals surface area contributed by atoms with E-state index in [9.17, 15) is 4.39 Å². The molecule has 0 bridgehead atoms. The van der Waals surface area contributed by atoms with E-state index in [0.717, 1.165) is 3.57 Å². The molecule has 0 radical (unpaired) electrons. The first kappa shape index (κ1) is 7.78. The van der Waals surface area contributed by atoms with Gasteiger partial charge in [-0.2, -0.15) is 0 Å². The van der Waals surface area contributed by atoms with Gasteiger partial charge in [0.05, 0.1) is 0 Å². The molecule has 1 nitrogen and oxygen atoms in total. The molecule has 0 saturated carbocycles. The van der Waals surface area contributed by atoms with Crippen molar-refractivity contribution >= 4 is 22.6 Å². The largest absolute Gasteiger partial charge is 0.463 e. The molecule has 0 aliphatic carbocycles. The molecule has 0 fully saturated rings. The monoisotopic (exact) mass is 252 g/mol. The van der Waals surface area contributed by atoms with E-state index in [1.807, 2.05) is 12.1 Å². The Hall–Kier alpha value is -0.320. The molecule has 0 N–H and O–H groups in total. The first-order chi connectivity index (χ1) is 4.83. The van der Waals surface area contributed by atoms with Crippen LogP contribution in [-0.2, 0) is 0 Å². The molecule has 1 aromatic carbocycles. The number of halogens is 2. The third-order valence-corrected chi connectivity index (χ3v) is 1.75. The Labute approximate surface area is 72.3 Å². The summed E-state index contributed by atoms with van der Waals surface area (Å²) in [4.78, 5) is 0. The van der Waals surface area contributed by atoms with E-state index in [1.165, 1.54) is 0 Å². The molecule has 0 spiro atoms. The second-order valence-corrected chi connectivity index (χ2v) is 2.95. The van der Waals surface area contributed by atoms with Crippen molar-refractivity contribution in [3.05, 3.63) is 27.8 Å². The van der Waals surface area contributed by atoms with Crippen molar-refractivity contribution in [2.45, 2.75) is 0 Å². The highest BCUT2D eigenvalue weighted by molar-refractivity contribution is 14.1. The topological polar surface area (TPSA) is 9.23 Å². The molecule has 0 aliphatic rings. The molecule has 0 aliphatic heterocycles. The fourth-order valence-electron chi connectivity index (χ4n) is 0.594. The lowest BCUT2D eigenvalue weighted by atomic mass is 10.3. The summed E-state index contributed by atoms with van der Waals surface area (Å²) in [5, 5.41) is 0. The van der Waals surface area contributed by atoms with Crippen LogP contribution < -0.4 is 4.74 Å². The van der Waals surface area contributed by atoms with E-state index in [0.29, 0.717) is 5.75 Å². The van der Waals surface area contributed by atoms with Gasteiger partial charge in [-0.05, 0) is 46.9 Å². The van der Waals surface area contributed by atoms with Gasteiger partial charge in [-0.3, -0.25) is 0 Å². The summed E-state index contributed by atoms with van der Waals surface area (Å²) >= 11 is 2.18. The number of benzene rings is 1. The molecule has 0 amide bonds. The lowest BCUT2D eigenvalue weighted by Crippen LogP contribution is -1.88. The van der Waals surface area contributed by atoms with E-state index in [1.54, 1.807) is 12.1 Å². The first-order valence-corrected chi connectivity index (χ1v) is 3.85. The first-order valence-electron chi connectivity index (χ1n) is 2.77. The molecule has 0 heterocycles. The SMILES string of the molecule is FCOc1ccc(I)cc1. The molecule has 1 rings (SSSR count). The number of ether oxygens (including phenoxy) is 1. The average molecular weight is 252 g/mol. The Morgan fingerprint density at radius 3 is 2.40 bits per heavy atom. The van der Waals surface area contributed by atoms with Gasteiger partial charge in [-0.25, -0.2) is 4.39 Å². The fourth-order valence-corrected chi connectivity index (χ4v) is 0.953. The van der Waals surface area contributed by atoms with Crippen molar-refractivity contribution in [3.8, 4) is 5.75 Å². The highest BCUT2D eigenvalue weighted by Crippen LogP contribution is 2.12. The van der Waals surface area contributed by atoms with Crippen LogP contribution in [0.5, 0.6) is 5.75 Å². The van der Waals surface area contributed by atoms with Crippen LogP contribution in [0.2, 0.25) is 0 Å². The summed E-state index contributed by atoms with van der Waals surface area (Å²) in [6.07, 6.45) is 0. The summed E-state index contributed by atoms with van der Waals surface area (Å²) in [5.74, 6) is 0.572. The van der Waals surface area contributed by atoms with Crippen molar-refractivity contribution in [1.82, 2.24) is 0 Å². The second kappa shape index (κ2) is 3.75. The van der Waals surface area contributed by atoms with Gasteiger partial charge in [0.1, 0.15) is 5.75 Å². The number of alkyl halides is 1. The lowest BCUT2D eigenvalue weighted by Gasteiger charge is -1.98. The van der Waals surface area contributed by atoms with E-state index >= 15 is 0 Å². The van der Waals surface area contributed by atoms with E-state index in [-0.39, 0.29) is 0 Å². The van der Waals surface area contributed by atoms with Gasteiger partial charge in [-0.1, -0.05) is 0 Å². The Kier molecular flexibility index (Phi) is 2.92. The summed E-state index contributed by atoms with van der Waals surface area (Å²) in [7, 11) is 0. The maximum absolute atomic E-state index is 11.6. The molecular weight excluding hydrogens is 246 g/mol. The van der Waals surface area contributed by atoms with Crippen LogP contribution in [0.15, 0.2) is 24.3 Å². The fraction of sp³-hybridized carbons (Fsp3) is 0.143. The smallest absolute Gasteiger partial charge is 0.228 e. The van der Waals surface area contributed by atoms with Gasteiger partial charge in [0.25, 0.3) is 0 Å². The minimum Gasteiger partial charge on any atom is -0.463 e. The predicted molar refractivity (Wildman–Crippen MR) is 45.8 cm³/mol. The normalized spacial score (nSPS) is 9.40. The zero-order chi connectivity index (χ0) is 7.40. The van der Waals surface area contributed by atoms with E-state index in [2.05, 4.69) is 27.3 Å². The maximum Gasteiger partial charge on any atom is 0.228 e. The quantitative estimate of drug-likeness (QED) is 0.735. The molecule has 3 heteroatoms. The van der Waals surface area contributed by atoms with Crippen molar-refractivity contribution in [3.63, 3.8) is 0 Å². The van der Waals surface area contributed by atoms with Crippen molar-refractivity contribution < 1.29 is 9.13 Å². The highest BCUT2D eigenvalue weighted by atomic mass is 127. The summed E-state index contributed by atoms with van der Waals surface area (Å²) in [5.41, 5.74) is 0. The van der Waals surface area contributed by atoms with E-state index in [4.69, 9.17) is 0 Å². The molecule has 0 atom stereocenters. The van der Waals surface area contributed by atoms with Gasteiger partial charge in [0, 0.05) is 3.57 Å². The van der Waals surface area contributed by atoms with Gasteiger partial charge in [0.2, 0.25) is 6.86 Å².